The van der Waals surface area contributed by atoms with E-state index >= 15 is 0 Å². The molecule has 1 aliphatic rings. The second-order valence-corrected chi connectivity index (χ2v) is 8.56. The third-order valence-electron chi connectivity index (χ3n) is 5.55. The van der Waals surface area contributed by atoms with Gasteiger partial charge in [0.2, 0.25) is 5.91 Å². The fourth-order valence-corrected chi connectivity index (χ4v) is 4.07. The Morgan fingerprint density at radius 2 is 1.84 bits per heavy atom. The maximum atomic E-state index is 13.1. The van der Waals surface area contributed by atoms with Crippen molar-refractivity contribution < 1.29 is 9.18 Å². The lowest BCUT2D eigenvalue weighted by atomic mass is 10.2. The number of rotatable bonds is 6. The smallest absolute Gasteiger partial charge is 0.221 e. The van der Waals surface area contributed by atoms with Gasteiger partial charge in [-0.05, 0) is 43.3 Å². The van der Waals surface area contributed by atoms with Gasteiger partial charge in [-0.25, -0.2) is 9.37 Å². The lowest BCUT2D eigenvalue weighted by Crippen LogP contribution is -2.47. The standard InChI is InChI=1S/C22H24Cl2FN5O/c1-14(22-27-19-12-17(23)18(24)13-20(19)28-22)26-21(31)6-7-29-8-10-30(11-9-29)16-4-2-15(25)3-5-16/h2-5,12-14H,6-11H2,1H3,(H,26,31)(H,27,28)/t14-/m0/s1. The first-order valence-corrected chi connectivity index (χ1v) is 11.0. The quantitative estimate of drug-likeness (QED) is 0.568. The number of fused-ring (bicyclic) bond motifs is 1. The monoisotopic (exact) mass is 463 g/mol. The summed E-state index contributed by atoms with van der Waals surface area (Å²) >= 11 is 12.1. The molecule has 1 amide bonds. The lowest BCUT2D eigenvalue weighted by molar-refractivity contribution is -0.122. The van der Waals surface area contributed by atoms with Gasteiger partial charge in [0.1, 0.15) is 11.6 Å². The number of carbonyl (C=O) groups excluding carboxylic acids is 1. The van der Waals surface area contributed by atoms with E-state index in [1.54, 1.807) is 24.3 Å². The van der Waals surface area contributed by atoms with Gasteiger partial charge in [-0.15, -0.1) is 0 Å². The number of carbonyl (C=O) groups is 1. The largest absolute Gasteiger partial charge is 0.369 e. The Labute approximate surface area is 190 Å². The Bertz CT molecular complexity index is 1020. The molecule has 6 nitrogen and oxygen atoms in total. The van der Waals surface area contributed by atoms with Crippen LogP contribution in [0.4, 0.5) is 10.1 Å². The summed E-state index contributed by atoms with van der Waals surface area (Å²) in [5.74, 6) is 0.414. The average Bonchev–Trinajstić information content (AvgIpc) is 3.16. The van der Waals surface area contributed by atoms with Gasteiger partial charge in [0.15, 0.2) is 0 Å². The molecule has 1 aromatic heterocycles. The molecule has 0 aliphatic carbocycles. The van der Waals surface area contributed by atoms with Crippen LogP contribution in [-0.2, 0) is 4.79 Å². The molecule has 0 unspecified atom stereocenters. The van der Waals surface area contributed by atoms with Crippen LogP contribution in [0.3, 0.4) is 0 Å². The van der Waals surface area contributed by atoms with Gasteiger partial charge in [0.05, 0.1) is 27.1 Å². The first-order valence-electron chi connectivity index (χ1n) is 10.3. The summed E-state index contributed by atoms with van der Waals surface area (Å²) in [5, 5.41) is 3.90. The highest BCUT2D eigenvalue weighted by molar-refractivity contribution is 6.42. The highest BCUT2D eigenvalue weighted by Gasteiger charge is 2.19. The van der Waals surface area contributed by atoms with Crippen molar-refractivity contribution in [3.8, 4) is 0 Å². The molecular weight excluding hydrogens is 440 g/mol. The van der Waals surface area contributed by atoms with Crippen molar-refractivity contribution in [3.05, 3.63) is 58.1 Å². The maximum absolute atomic E-state index is 13.1. The number of anilines is 1. The molecule has 0 radical (unpaired) electrons. The van der Waals surface area contributed by atoms with Crippen LogP contribution >= 0.6 is 23.2 Å². The van der Waals surface area contributed by atoms with Crippen LogP contribution in [0.25, 0.3) is 11.0 Å². The molecule has 1 aliphatic heterocycles. The van der Waals surface area contributed by atoms with E-state index in [1.807, 2.05) is 6.92 Å². The topological polar surface area (TPSA) is 64.3 Å². The number of amides is 1. The molecular formula is C22H24Cl2FN5O. The zero-order valence-corrected chi connectivity index (χ0v) is 18.7. The number of nitrogens with one attached hydrogen (secondary N) is 2. The molecule has 0 saturated carbocycles. The molecule has 0 bridgehead atoms. The van der Waals surface area contributed by atoms with Crippen molar-refractivity contribution in [2.24, 2.45) is 0 Å². The van der Waals surface area contributed by atoms with E-state index in [-0.39, 0.29) is 17.8 Å². The summed E-state index contributed by atoms with van der Waals surface area (Å²) < 4.78 is 13.1. The van der Waals surface area contributed by atoms with Crippen molar-refractivity contribution in [3.63, 3.8) is 0 Å². The Balaban J connectivity index is 1.24. The average molecular weight is 464 g/mol. The van der Waals surface area contributed by atoms with Crippen LogP contribution in [0.15, 0.2) is 36.4 Å². The zero-order chi connectivity index (χ0) is 22.0. The Kier molecular flexibility index (Phi) is 6.65. The van der Waals surface area contributed by atoms with Gasteiger partial charge in [-0.3, -0.25) is 9.69 Å². The Morgan fingerprint density at radius 1 is 1.16 bits per heavy atom. The predicted octanol–water partition coefficient (Wildman–Crippen LogP) is 4.40. The summed E-state index contributed by atoms with van der Waals surface area (Å²) in [6.45, 7) is 6.03. The van der Waals surface area contributed by atoms with Crippen molar-refractivity contribution in [2.45, 2.75) is 19.4 Å². The molecule has 9 heteroatoms. The second kappa shape index (κ2) is 9.42. The minimum absolute atomic E-state index is 0.0232. The summed E-state index contributed by atoms with van der Waals surface area (Å²) in [7, 11) is 0. The minimum Gasteiger partial charge on any atom is -0.369 e. The molecule has 2 aromatic carbocycles. The second-order valence-electron chi connectivity index (χ2n) is 7.75. The number of piperazine rings is 1. The third-order valence-corrected chi connectivity index (χ3v) is 6.27. The third kappa shape index (κ3) is 5.29. The van der Waals surface area contributed by atoms with Gasteiger partial charge in [0.25, 0.3) is 0 Å². The van der Waals surface area contributed by atoms with E-state index in [2.05, 4.69) is 25.1 Å². The first kappa shape index (κ1) is 21.9. The number of H-pyrrole nitrogens is 1. The molecule has 1 atom stereocenters. The SMILES string of the molecule is C[C@H](NC(=O)CCN1CCN(c2ccc(F)cc2)CC1)c1nc2cc(Cl)c(Cl)cc2[nH]1. The van der Waals surface area contributed by atoms with Gasteiger partial charge >= 0.3 is 0 Å². The number of hydrogen-bond acceptors (Lipinski definition) is 4. The molecule has 2 N–H and O–H groups in total. The van der Waals surface area contributed by atoms with Crippen molar-refractivity contribution >= 4 is 45.8 Å². The van der Waals surface area contributed by atoms with Crippen LogP contribution in [0.1, 0.15) is 25.2 Å². The van der Waals surface area contributed by atoms with E-state index in [4.69, 9.17) is 23.2 Å². The van der Waals surface area contributed by atoms with Gasteiger partial charge in [-0.1, -0.05) is 23.2 Å². The summed E-state index contributed by atoms with van der Waals surface area (Å²) in [4.78, 5) is 24.6. The van der Waals surface area contributed by atoms with E-state index < -0.39 is 0 Å². The number of nitrogens with zero attached hydrogens (tertiary/aromatic N) is 3. The normalized spacial score (nSPS) is 15.9. The first-order chi connectivity index (χ1) is 14.9. The zero-order valence-electron chi connectivity index (χ0n) is 17.2. The van der Waals surface area contributed by atoms with Crippen molar-refractivity contribution in [1.29, 1.82) is 0 Å². The number of aromatic amines is 1. The number of benzene rings is 2. The van der Waals surface area contributed by atoms with E-state index in [9.17, 15) is 9.18 Å². The van der Waals surface area contributed by atoms with Crippen LogP contribution < -0.4 is 10.2 Å². The Morgan fingerprint density at radius 3 is 2.55 bits per heavy atom. The fourth-order valence-electron chi connectivity index (χ4n) is 3.75. The Hall–Kier alpha value is -2.35. The number of imidazole rings is 1. The van der Waals surface area contributed by atoms with Gasteiger partial charge in [0, 0.05) is 44.8 Å². The molecule has 164 valence electrons. The van der Waals surface area contributed by atoms with Crippen LogP contribution in [0, 0.1) is 5.82 Å². The van der Waals surface area contributed by atoms with Crippen LogP contribution in [0.5, 0.6) is 0 Å². The van der Waals surface area contributed by atoms with Gasteiger partial charge < -0.3 is 15.2 Å². The molecule has 3 aromatic rings. The molecule has 1 saturated heterocycles. The lowest BCUT2D eigenvalue weighted by Gasteiger charge is -2.36. The van der Waals surface area contributed by atoms with Crippen molar-refractivity contribution in [2.75, 3.05) is 37.6 Å². The van der Waals surface area contributed by atoms with Crippen molar-refractivity contribution in [1.82, 2.24) is 20.2 Å². The minimum atomic E-state index is -0.257. The molecule has 31 heavy (non-hydrogen) atoms. The predicted molar refractivity (Wildman–Crippen MR) is 122 cm³/mol. The summed E-state index contributed by atoms with van der Waals surface area (Å²) in [6, 6.07) is 9.76. The van der Waals surface area contributed by atoms with E-state index in [0.717, 1.165) is 37.4 Å². The fraction of sp³-hybridized carbons (Fsp3) is 0.364. The number of aromatic nitrogens is 2. The molecule has 1 fully saturated rings. The number of halogens is 3. The molecule has 4 rings (SSSR count). The highest BCUT2D eigenvalue weighted by Crippen LogP contribution is 2.27. The van der Waals surface area contributed by atoms with Gasteiger partial charge in [-0.2, -0.15) is 0 Å². The van der Waals surface area contributed by atoms with Crippen LogP contribution in [0.2, 0.25) is 10.0 Å². The summed E-state index contributed by atoms with van der Waals surface area (Å²) in [5.41, 5.74) is 2.52. The van der Waals surface area contributed by atoms with Crippen LogP contribution in [-0.4, -0.2) is 53.5 Å². The molecule has 2 heterocycles. The summed E-state index contributed by atoms with van der Waals surface area (Å²) in [6.07, 6.45) is 0.415. The van der Waals surface area contributed by atoms with E-state index in [0.29, 0.717) is 34.4 Å². The van der Waals surface area contributed by atoms with E-state index in [1.165, 1.54) is 12.1 Å². The maximum Gasteiger partial charge on any atom is 0.221 e. The number of hydrogen-bond donors (Lipinski definition) is 2. The molecule has 0 spiro atoms. The highest BCUT2D eigenvalue weighted by atomic mass is 35.5.